The number of nitrogens with zero attached hydrogens (tertiary/aromatic N) is 2. The second kappa shape index (κ2) is 3.44. The first-order valence-corrected chi connectivity index (χ1v) is 4.31. The highest BCUT2D eigenvalue weighted by atomic mass is 14.8. The molecule has 2 rings (SSSR count). The second-order valence-corrected chi connectivity index (χ2v) is 3.01. The van der Waals surface area contributed by atoms with E-state index in [0.29, 0.717) is 16.8 Å². The highest BCUT2D eigenvalue weighted by molar-refractivity contribution is 5.80. The third-order valence-electron chi connectivity index (χ3n) is 2.09. The Morgan fingerprint density at radius 2 is 2.07 bits per heavy atom. The molecular formula is C13H7N2. The largest absolute Gasteiger partial charge is 0.255 e. The molecule has 0 saturated heterocycles. The van der Waals surface area contributed by atoms with Gasteiger partial charge in [0.15, 0.2) is 0 Å². The number of terminal acetylenes is 2. The molecule has 2 aromatic heterocycles. The Hall–Kier alpha value is -2.32. The van der Waals surface area contributed by atoms with Crippen molar-refractivity contribution in [1.82, 2.24) is 9.97 Å². The zero-order valence-corrected chi connectivity index (χ0v) is 7.99. The number of hydrogen-bond donors (Lipinski definition) is 0. The lowest BCUT2D eigenvalue weighted by Crippen LogP contribution is -1.93. The van der Waals surface area contributed by atoms with Crippen molar-refractivity contribution in [3.05, 3.63) is 42.1 Å². The Morgan fingerprint density at radius 3 is 2.73 bits per heavy atom. The minimum atomic E-state index is 0.461. The van der Waals surface area contributed by atoms with E-state index in [1.54, 1.807) is 18.3 Å². The van der Waals surface area contributed by atoms with E-state index in [4.69, 9.17) is 12.8 Å². The molecule has 0 atom stereocenters. The van der Waals surface area contributed by atoms with Gasteiger partial charge in [-0.05, 0) is 30.5 Å². The number of hydrogen-bond acceptors (Lipinski definition) is 2. The van der Waals surface area contributed by atoms with Crippen LogP contribution in [0.1, 0.15) is 16.8 Å². The van der Waals surface area contributed by atoms with Crippen molar-refractivity contribution in [2.75, 3.05) is 0 Å². The molecule has 0 unspecified atom stereocenters. The Morgan fingerprint density at radius 1 is 1.27 bits per heavy atom. The quantitative estimate of drug-likeness (QED) is 0.593. The van der Waals surface area contributed by atoms with E-state index >= 15 is 0 Å². The van der Waals surface area contributed by atoms with Gasteiger partial charge in [0.2, 0.25) is 0 Å². The van der Waals surface area contributed by atoms with E-state index < -0.39 is 0 Å². The maximum atomic E-state index is 5.33. The van der Waals surface area contributed by atoms with Crippen LogP contribution in [0.3, 0.4) is 0 Å². The van der Waals surface area contributed by atoms with Crippen molar-refractivity contribution >= 4 is 11.0 Å². The summed E-state index contributed by atoms with van der Waals surface area (Å²) in [5.74, 6) is 4.95. The van der Waals surface area contributed by atoms with Crippen molar-refractivity contribution in [3.8, 4) is 24.7 Å². The summed E-state index contributed by atoms with van der Waals surface area (Å²) >= 11 is 0. The average Bonchev–Trinajstić information content (AvgIpc) is 2.28. The molecule has 0 N–H and O–H groups in total. The predicted octanol–water partition coefficient (Wildman–Crippen LogP) is 1.77. The summed E-state index contributed by atoms with van der Waals surface area (Å²) in [5, 5.41) is 0. The van der Waals surface area contributed by atoms with Crippen LogP contribution in [0.2, 0.25) is 0 Å². The van der Waals surface area contributed by atoms with E-state index in [1.165, 1.54) is 0 Å². The van der Waals surface area contributed by atoms with Gasteiger partial charge in [-0.15, -0.1) is 12.8 Å². The molecule has 2 heteroatoms. The molecule has 0 amide bonds. The number of rotatable bonds is 0. The van der Waals surface area contributed by atoms with Crippen LogP contribution >= 0.6 is 0 Å². The first-order valence-electron chi connectivity index (χ1n) is 4.31. The Labute approximate surface area is 88.4 Å². The maximum Gasteiger partial charge on any atom is 0.129 e. The second-order valence-electron chi connectivity index (χ2n) is 3.01. The summed E-state index contributed by atoms with van der Waals surface area (Å²) in [6, 6.07) is 3.54. The van der Waals surface area contributed by atoms with Crippen LogP contribution in [0, 0.1) is 31.6 Å². The van der Waals surface area contributed by atoms with Crippen LogP contribution in [0.25, 0.3) is 11.0 Å². The lowest BCUT2D eigenvalue weighted by atomic mass is 10.1. The molecule has 0 aliphatic rings. The molecule has 2 nitrogen and oxygen atoms in total. The van der Waals surface area contributed by atoms with E-state index in [0.717, 1.165) is 11.1 Å². The number of fused-ring (bicyclic) bond motifs is 1. The van der Waals surface area contributed by atoms with Crippen molar-refractivity contribution in [1.29, 1.82) is 0 Å². The van der Waals surface area contributed by atoms with Gasteiger partial charge in [-0.2, -0.15) is 0 Å². The third kappa shape index (κ3) is 1.43. The molecule has 69 valence electrons. The van der Waals surface area contributed by atoms with Crippen LogP contribution in [0.15, 0.2) is 18.3 Å². The van der Waals surface area contributed by atoms with E-state index in [9.17, 15) is 0 Å². The van der Waals surface area contributed by atoms with Gasteiger partial charge in [0.05, 0.1) is 16.6 Å². The highest BCUT2D eigenvalue weighted by Crippen LogP contribution is 2.16. The van der Waals surface area contributed by atoms with Crippen LogP contribution < -0.4 is 0 Å². The zero-order valence-electron chi connectivity index (χ0n) is 7.99. The maximum absolute atomic E-state index is 5.33. The molecule has 15 heavy (non-hydrogen) atoms. The van der Waals surface area contributed by atoms with Crippen molar-refractivity contribution in [2.24, 2.45) is 0 Å². The monoisotopic (exact) mass is 191 g/mol. The van der Waals surface area contributed by atoms with Crippen molar-refractivity contribution < 1.29 is 0 Å². The van der Waals surface area contributed by atoms with Gasteiger partial charge in [-0.1, -0.05) is 5.92 Å². The Kier molecular flexibility index (Phi) is 2.12. The average molecular weight is 191 g/mol. The van der Waals surface area contributed by atoms with Gasteiger partial charge >= 0.3 is 0 Å². The van der Waals surface area contributed by atoms with Crippen molar-refractivity contribution in [2.45, 2.75) is 0 Å². The van der Waals surface area contributed by atoms with Gasteiger partial charge in [0.25, 0.3) is 0 Å². The predicted molar refractivity (Wildman–Crippen MR) is 59.9 cm³/mol. The molecule has 2 aromatic rings. The zero-order chi connectivity index (χ0) is 10.8. The Balaban J connectivity index is 2.90. The first kappa shape index (κ1) is 9.24. The van der Waals surface area contributed by atoms with E-state index in [1.807, 2.05) is 0 Å². The summed E-state index contributed by atoms with van der Waals surface area (Å²) in [4.78, 5) is 8.42. The minimum Gasteiger partial charge on any atom is -0.255 e. The molecular weight excluding hydrogens is 184 g/mol. The summed E-state index contributed by atoms with van der Waals surface area (Å²) in [7, 11) is 0. The SMILES string of the molecule is C#Cc1cc2nccc([CH2])c2nc1C#C. The van der Waals surface area contributed by atoms with Crippen LogP contribution in [0.5, 0.6) is 0 Å². The van der Waals surface area contributed by atoms with Gasteiger partial charge in [0, 0.05) is 6.20 Å². The van der Waals surface area contributed by atoms with Crippen LogP contribution in [0.4, 0.5) is 0 Å². The molecule has 0 bridgehead atoms. The lowest BCUT2D eigenvalue weighted by Gasteiger charge is -2.02. The Bertz CT molecular complexity index is 613. The molecule has 1 radical (unpaired) electrons. The van der Waals surface area contributed by atoms with E-state index in [-0.39, 0.29) is 0 Å². The van der Waals surface area contributed by atoms with E-state index in [2.05, 4.69) is 28.7 Å². The summed E-state index contributed by atoms with van der Waals surface area (Å²) < 4.78 is 0. The fourth-order valence-corrected chi connectivity index (χ4v) is 1.34. The molecule has 0 aromatic carbocycles. The van der Waals surface area contributed by atoms with Crippen LogP contribution in [-0.4, -0.2) is 9.97 Å². The molecule has 0 spiro atoms. The standard InChI is InChI=1S/C13H7N2/c1-4-10-8-12-13(15-11(10)5-2)9(3)6-7-14-12/h1-2,6-8H,3H2. The molecule has 2 heterocycles. The smallest absolute Gasteiger partial charge is 0.129 e. The van der Waals surface area contributed by atoms with Gasteiger partial charge in [-0.25, -0.2) is 4.98 Å². The molecule has 0 aliphatic carbocycles. The minimum absolute atomic E-state index is 0.461. The highest BCUT2D eigenvalue weighted by Gasteiger charge is 2.05. The number of aromatic nitrogens is 2. The van der Waals surface area contributed by atoms with Gasteiger partial charge in [0.1, 0.15) is 5.69 Å². The molecule has 0 fully saturated rings. The summed E-state index contributed by atoms with van der Waals surface area (Å²) in [5.41, 5.74) is 3.25. The normalized spacial score (nSPS) is 9.53. The van der Waals surface area contributed by atoms with Crippen molar-refractivity contribution in [3.63, 3.8) is 0 Å². The summed E-state index contributed by atoms with van der Waals surface area (Å²) in [6.45, 7) is 3.86. The first-order chi connectivity index (χ1) is 7.26. The molecule has 0 saturated carbocycles. The fourth-order valence-electron chi connectivity index (χ4n) is 1.34. The third-order valence-corrected chi connectivity index (χ3v) is 2.09. The van der Waals surface area contributed by atoms with Gasteiger partial charge < -0.3 is 0 Å². The van der Waals surface area contributed by atoms with Gasteiger partial charge in [-0.3, -0.25) is 4.98 Å². The topological polar surface area (TPSA) is 25.8 Å². The molecule has 0 aliphatic heterocycles. The lowest BCUT2D eigenvalue weighted by molar-refractivity contribution is 1.29. The van der Waals surface area contributed by atoms with Crippen LogP contribution in [-0.2, 0) is 0 Å². The fraction of sp³-hybridized carbons (Fsp3) is 0. The number of pyridine rings is 2. The summed E-state index contributed by atoms with van der Waals surface area (Å²) in [6.07, 6.45) is 12.3.